The normalized spacial score (nSPS) is 22.7. The molecule has 1 heterocycles. The van der Waals surface area contributed by atoms with Crippen molar-refractivity contribution < 1.29 is 0 Å². The van der Waals surface area contributed by atoms with Gasteiger partial charge in [0.1, 0.15) is 0 Å². The van der Waals surface area contributed by atoms with Crippen molar-refractivity contribution >= 4 is 38.4 Å². The number of hydrogen-bond acceptors (Lipinski definition) is 0. The summed E-state index contributed by atoms with van der Waals surface area (Å²) in [6.45, 7) is 0. The van der Waals surface area contributed by atoms with E-state index in [4.69, 9.17) is 0 Å². The van der Waals surface area contributed by atoms with Crippen molar-refractivity contribution in [3.8, 4) is 0 Å². The predicted octanol–water partition coefficient (Wildman–Crippen LogP) is 5.89. The van der Waals surface area contributed by atoms with Crippen LogP contribution in [0, 0.1) is 0 Å². The molecular weight excluding hydrogens is 369 g/mol. The van der Waals surface area contributed by atoms with E-state index >= 15 is 0 Å². The zero-order valence-electron chi connectivity index (χ0n) is 15.1. The predicted molar refractivity (Wildman–Crippen MR) is 125 cm³/mol. The zero-order chi connectivity index (χ0) is 17.7. The van der Waals surface area contributed by atoms with Crippen molar-refractivity contribution in [1.29, 1.82) is 0 Å². The SMILES string of the molecule is c1ccc(P2(c3ccccc3)(c3ccccc3)CCCCCPP2)cc1. The van der Waals surface area contributed by atoms with Crippen LogP contribution in [0.4, 0.5) is 0 Å². The van der Waals surface area contributed by atoms with Crippen molar-refractivity contribution in [2.75, 3.05) is 12.3 Å². The Morgan fingerprint density at radius 3 is 1.46 bits per heavy atom. The van der Waals surface area contributed by atoms with E-state index in [2.05, 4.69) is 91.0 Å². The van der Waals surface area contributed by atoms with E-state index in [0.717, 1.165) is 16.2 Å². The molecular formula is C23H27P3. The maximum atomic E-state index is 2.43. The monoisotopic (exact) mass is 396 g/mol. The summed E-state index contributed by atoms with van der Waals surface area (Å²) in [7, 11) is 2.09. The second-order valence-corrected chi connectivity index (χ2v) is 19.5. The minimum absolute atomic E-state index is 1.01. The van der Waals surface area contributed by atoms with Gasteiger partial charge >= 0.3 is 161 Å². The van der Waals surface area contributed by atoms with Crippen molar-refractivity contribution in [3.63, 3.8) is 0 Å². The van der Waals surface area contributed by atoms with Crippen LogP contribution in [0.2, 0.25) is 0 Å². The molecule has 1 saturated heterocycles. The van der Waals surface area contributed by atoms with Crippen LogP contribution in [0.3, 0.4) is 0 Å². The quantitative estimate of drug-likeness (QED) is 0.485. The molecule has 0 saturated carbocycles. The van der Waals surface area contributed by atoms with Gasteiger partial charge in [-0.25, -0.2) is 0 Å². The summed E-state index contributed by atoms with van der Waals surface area (Å²) in [5, 5.41) is 4.80. The van der Waals surface area contributed by atoms with Gasteiger partial charge in [-0.05, 0) is 0 Å². The Kier molecular flexibility index (Phi) is 5.57. The molecule has 3 heteroatoms. The molecule has 3 aromatic carbocycles. The van der Waals surface area contributed by atoms with Crippen molar-refractivity contribution in [3.05, 3.63) is 91.0 Å². The Morgan fingerprint density at radius 1 is 0.538 bits per heavy atom. The molecule has 0 N–H and O–H groups in total. The molecule has 0 aliphatic carbocycles. The summed E-state index contributed by atoms with van der Waals surface area (Å²) in [4.78, 5) is 0. The van der Waals surface area contributed by atoms with Crippen molar-refractivity contribution in [1.82, 2.24) is 0 Å². The van der Waals surface area contributed by atoms with Crippen LogP contribution in [0.15, 0.2) is 91.0 Å². The van der Waals surface area contributed by atoms with Crippen LogP contribution in [-0.4, -0.2) is 12.3 Å². The number of benzene rings is 3. The molecule has 1 aliphatic heterocycles. The standard InChI is InChI=1S/C23H27P3/c1-5-13-21(14-6-1)26(22-15-7-2-8-16-22,23-17-9-3-10-18-23)20-12-4-11-19-24-25-26/h1-3,5-10,13-18,24-25H,4,11-12,19-20H2. The fourth-order valence-electron chi connectivity index (χ4n) is 4.40. The van der Waals surface area contributed by atoms with Gasteiger partial charge in [-0.3, -0.25) is 0 Å². The van der Waals surface area contributed by atoms with E-state index in [1.54, 1.807) is 15.9 Å². The maximum absolute atomic E-state index is 2.43. The van der Waals surface area contributed by atoms with E-state index in [9.17, 15) is 0 Å². The third-order valence-corrected chi connectivity index (χ3v) is 24.1. The zero-order valence-corrected chi connectivity index (χ0v) is 18.0. The molecule has 2 atom stereocenters. The van der Waals surface area contributed by atoms with E-state index < -0.39 is 6.29 Å². The molecule has 0 bridgehead atoms. The molecule has 0 nitrogen and oxygen atoms in total. The van der Waals surface area contributed by atoms with Crippen LogP contribution in [0.25, 0.3) is 0 Å². The molecule has 0 spiro atoms. The average molecular weight is 396 g/mol. The molecule has 3 aromatic rings. The molecule has 1 aliphatic rings. The molecule has 134 valence electrons. The van der Waals surface area contributed by atoms with Crippen LogP contribution in [0.5, 0.6) is 0 Å². The molecule has 0 aromatic heterocycles. The van der Waals surface area contributed by atoms with Crippen molar-refractivity contribution in [2.24, 2.45) is 0 Å². The minimum atomic E-state index is -2.42. The molecule has 0 amide bonds. The fraction of sp³-hybridized carbons (Fsp3) is 0.217. The van der Waals surface area contributed by atoms with E-state index in [-0.39, 0.29) is 0 Å². The van der Waals surface area contributed by atoms with Gasteiger partial charge in [0.2, 0.25) is 0 Å². The van der Waals surface area contributed by atoms with Gasteiger partial charge in [0.05, 0.1) is 0 Å². The molecule has 4 rings (SSSR count). The van der Waals surface area contributed by atoms with Crippen LogP contribution in [0.1, 0.15) is 19.3 Å². The molecule has 26 heavy (non-hydrogen) atoms. The first-order chi connectivity index (χ1) is 12.9. The molecule has 2 unspecified atom stereocenters. The summed E-state index contributed by atoms with van der Waals surface area (Å²) in [6.07, 6.45) is 4.45. The summed E-state index contributed by atoms with van der Waals surface area (Å²) in [6, 6.07) is 34.6. The summed E-state index contributed by atoms with van der Waals surface area (Å²) < 4.78 is 0. The van der Waals surface area contributed by atoms with Crippen LogP contribution in [-0.2, 0) is 0 Å². The first-order valence-electron chi connectivity index (χ1n) is 9.55. The second kappa shape index (κ2) is 7.90. The first-order valence-corrected chi connectivity index (χ1v) is 16.0. The van der Waals surface area contributed by atoms with Gasteiger partial charge in [0, 0.05) is 0 Å². The van der Waals surface area contributed by atoms with E-state index in [0.29, 0.717) is 0 Å². The Labute approximate surface area is 161 Å². The second-order valence-electron chi connectivity index (χ2n) is 7.13. The van der Waals surface area contributed by atoms with Gasteiger partial charge in [-0.2, -0.15) is 0 Å². The summed E-state index contributed by atoms with van der Waals surface area (Å²) in [5.41, 5.74) is 0. The Balaban J connectivity index is 2.10. The molecule has 1 fully saturated rings. The van der Waals surface area contributed by atoms with Gasteiger partial charge in [0.25, 0.3) is 0 Å². The third-order valence-electron chi connectivity index (χ3n) is 5.71. The van der Waals surface area contributed by atoms with Gasteiger partial charge in [-0.15, -0.1) is 0 Å². The first kappa shape index (κ1) is 18.3. The van der Waals surface area contributed by atoms with Gasteiger partial charge < -0.3 is 0 Å². The molecule has 0 radical (unpaired) electrons. The van der Waals surface area contributed by atoms with Gasteiger partial charge in [-0.1, -0.05) is 0 Å². The number of hydrogen-bond donors (Lipinski definition) is 0. The summed E-state index contributed by atoms with van der Waals surface area (Å²) >= 11 is 0. The number of rotatable bonds is 3. The Hall–Kier alpha value is -1.05. The summed E-state index contributed by atoms with van der Waals surface area (Å²) in [5.74, 6) is 0. The van der Waals surface area contributed by atoms with Crippen LogP contribution < -0.4 is 15.9 Å². The van der Waals surface area contributed by atoms with E-state index in [1.165, 1.54) is 31.6 Å². The fourth-order valence-corrected chi connectivity index (χ4v) is 24.7. The van der Waals surface area contributed by atoms with Gasteiger partial charge in [0.15, 0.2) is 0 Å². The Bertz CT molecular complexity index is 720. The Morgan fingerprint density at radius 2 is 1.00 bits per heavy atom. The third kappa shape index (κ3) is 2.98. The van der Waals surface area contributed by atoms with Crippen LogP contribution >= 0.6 is 22.5 Å². The van der Waals surface area contributed by atoms with Crippen molar-refractivity contribution in [2.45, 2.75) is 19.3 Å². The van der Waals surface area contributed by atoms with E-state index in [1.807, 2.05) is 0 Å². The average Bonchev–Trinajstić information content (AvgIpc) is 2.71. The topological polar surface area (TPSA) is 0 Å².